The first kappa shape index (κ1) is 27.7. The van der Waals surface area contributed by atoms with E-state index in [0.717, 1.165) is 49.0 Å². The molecule has 3 heterocycles. The standard InChI is InChI=1S/C38H42N2O5/c1-4-44-31(41)10-7-16-40-33-26-9-6-5-8-25(26)22(2)18-27(33)28-20-38(42)30-19-24-13-14-29(43-3)35-32(24)37(38,36(45-35)34(28)40)15-17-39(30)21-23-11-12-23/h5-6,8-9,13-14,18,23,30,36,42H,4,7,10-12,15-17,19-21H2,1-3H3/t30-,36?,37+,38?/m1/s1. The third-order valence-corrected chi connectivity index (χ3v) is 11.9. The van der Waals surface area contributed by atoms with Crippen molar-refractivity contribution in [2.24, 2.45) is 5.92 Å². The van der Waals surface area contributed by atoms with Crippen molar-refractivity contribution < 1.29 is 24.1 Å². The Morgan fingerprint density at radius 1 is 1.13 bits per heavy atom. The second kappa shape index (κ2) is 9.73. The molecule has 3 aromatic carbocycles. The average Bonchev–Trinajstić information content (AvgIpc) is 3.71. The van der Waals surface area contributed by atoms with E-state index in [9.17, 15) is 9.90 Å². The molecule has 1 aromatic heterocycles. The van der Waals surface area contributed by atoms with Crippen LogP contribution in [0.5, 0.6) is 11.5 Å². The molecule has 9 rings (SSSR count). The molecular weight excluding hydrogens is 564 g/mol. The minimum atomic E-state index is -0.980. The number of carbonyl (C=O) groups is 1. The fourth-order valence-electron chi connectivity index (χ4n) is 9.89. The maximum Gasteiger partial charge on any atom is 0.305 e. The molecule has 7 nitrogen and oxygen atoms in total. The van der Waals surface area contributed by atoms with Crippen LogP contribution < -0.4 is 9.47 Å². The van der Waals surface area contributed by atoms with Crippen molar-refractivity contribution >= 4 is 27.6 Å². The normalized spacial score (nSPS) is 27.7. The first-order valence-electron chi connectivity index (χ1n) is 16.9. The summed E-state index contributed by atoms with van der Waals surface area (Å²) in [6, 6.07) is 15.3. The number of ether oxygens (including phenoxy) is 3. The third kappa shape index (κ3) is 3.62. The summed E-state index contributed by atoms with van der Waals surface area (Å²) < 4.78 is 20.8. The summed E-state index contributed by atoms with van der Waals surface area (Å²) in [6.07, 6.45) is 5.53. The van der Waals surface area contributed by atoms with Crippen LogP contribution in [0.3, 0.4) is 0 Å². The van der Waals surface area contributed by atoms with Gasteiger partial charge in [0.05, 0.1) is 35.9 Å². The predicted molar refractivity (Wildman–Crippen MR) is 173 cm³/mol. The largest absolute Gasteiger partial charge is 0.493 e. The molecule has 0 amide bonds. The van der Waals surface area contributed by atoms with E-state index in [2.05, 4.69) is 58.9 Å². The molecule has 3 aliphatic carbocycles. The number of carbonyl (C=O) groups excluding carboxylic acids is 1. The number of rotatable bonds is 8. The Morgan fingerprint density at radius 2 is 1.96 bits per heavy atom. The van der Waals surface area contributed by atoms with Crippen molar-refractivity contribution in [3.05, 3.63) is 70.4 Å². The molecule has 2 bridgehead atoms. The van der Waals surface area contributed by atoms with Crippen LogP contribution in [0.1, 0.15) is 73.1 Å². The van der Waals surface area contributed by atoms with Crippen LogP contribution in [0, 0.1) is 12.8 Å². The maximum absolute atomic E-state index is 13.5. The van der Waals surface area contributed by atoms with E-state index in [1.807, 2.05) is 6.92 Å². The lowest BCUT2D eigenvalue weighted by molar-refractivity contribution is -0.173. The molecule has 1 spiro atoms. The summed E-state index contributed by atoms with van der Waals surface area (Å²) in [5.74, 6) is 2.14. The summed E-state index contributed by atoms with van der Waals surface area (Å²) in [7, 11) is 1.71. The topological polar surface area (TPSA) is 73.2 Å². The van der Waals surface area contributed by atoms with Crippen LogP contribution in [-0.2, 0) is 34.3 Å². The van der Waals surface area contributed by atoms with Gasteiger partial charge in [-0.25, -0.2) is 0 Å². The molecule has 7 heteroatoms. The highest BCUT2D eigenvalue weighted by molar-refractivity contribution is 6.09. The van der Waals surface area contributed by atoms with E-state index in [1.54, 1.807) is 7.11 Å². The Balaban J connectivity index is 1.30. The van der Waals surface area contributed by atoms with Crippen LogP contribution in [0.25, 0.3) is 21.7 Å². The van der Waals surface area contributed by atoms with Gasteiger partial charge in [0.1, 0.15) is 0 Å². The zero-order chi connectivity index (χ0) is 30.7. The van der Waals surface area contributed by atoms with E-state index >= 15 is 0 Å². The molecule has 2 fully saturated rings. The molecule has 2 unspecified atom stereocenters. The van der Waals surface area contributed by atoms with Gasteiger partial charge in [0.15, 0.2) is 17.6 Å². The SMILES string of the molecule is CCOC(=O)CCCn1c2c(c3cc(C)c4ccccc4c31)CC1(O)[C@H]3Cc4ccc(OC)c5c4[C@@]1(CCN3CC1CC1)C2O5. The van der Waals surface area contributed by atoms with Crippen molar-refractivity contribution in [2.75, 3.05) is 26.8 Å². The third-order valence-electron chi connectivity index (χ3n) is 11.9. The molecular formula is C38H42N2O5. The number of hydrogen-bond acceptors (Lipinski definition) is 6. The molecule has 1 N–H and O–H groups in total. The number of piperidine rings is 1. The molecule has 2 aliphatic heterocycles. The van der Waals surface area contributed by atoms with Gasteiger partial charge in [-0.2, -0.15) is 0 Å². The van der Waals surface area contributed by atoms with Crippen molar-refractivity contribution in [1.29, 1.82) is 0 Å². The number of benzene rings is 3. The van der Waals surface area contributed by atoms with Gasteiger partial charge in [-0.1, -0.05) is 30.3 Å². The average molecular weight is 607 g/mol. The first-order valence-corrected chi connectivity index (χ1v) is 16.9. The summed E-state index contributed by atoms with van der Waals surface area (Å²) in [4.78, 5) is 15.1. The maximum atomic E-state index is 13.5. The van der Waals surface area contributed by atoms with E-state index < -0.39 is 11.0 Å². The number of aromatic nitrogens is 1. The van der Waals surface area contributed by atoms with E-state index in [1.165, 1.54) is 56.8 Å². The highest BCUT2D eigenvalue weighted by Gasteiger charge is 2.73. The number of fused-ring (bicyclic) bond motifs is 6. The minimum absolute atomic E-state index is 0.0294. The minimum Gasteiger partial charge on any atom is -0.493 e. The van der Waals surface area contributed by atoms with Crippen LogP contribution in [0.2, 0.25) is 0 Å². The second-order valence-corrected chi connectivity index (χ2v) is 14.2. The highest BCUT2D eigenvalue weighted by Crippen LogP contribution is 2.69. The lowest BCUT2D eigenvalue weighted by Gasteiger charge is -2.63. The van der Waals surface area contributed by atoms with E-state index in [-0.39, 0.29) is 18.1 Å². The number of esters is 1. The van der Waals surface area contributed by atoms with Gasteiger partial charge in [0.25, 0.3) is 0 Å². The number of aliphatic hydroxyl groups is 1. The molecule has 4 atom stereocenters. The summed E-state index contributed by atoms with van der Waals surface area (Å²) in [5.41, 5.74) is 5.69. The first-order chi connectivity index (χ1) is 21.9. The molecule has 0 radical (unpaired) electrons. The van der Waals surface area contributed by atoms with Crippen LogP contribution in [0.4, 0.5) is 0 Å². The lowest BCUT2D eigenvalue weighted by Crippen LogP contribution is -2.74. The van der Waals surface area contributed by atoms with Gasteiger partial charge >= 0.3 is 5.97 Å². The van der Waals surface area contributed by atoms with Crippen LogP contribution >= 0.6 is 0 Å². The van der Waals surface area contributed by atoms with Crippen molar-refractivity contribution in [1.82, 2.24) is 9.47 Å². The number of nitrogens with zero attached hydrogens (tertiary/aromatic N) is 2. The summed E-state index contributed by atoms with van der Waals surface area (Å²) >= 11 is 0. The fraction of sp³-hybridized carbons (Fsp3) is 0.500. The Morgan fingerprint density at radius 3 is 2.73 bits per heavy atom. The van der Waals surface area contributed by atoms with Crippen molar-refractivity contribution in [3.63, 3.8) is 0 Å². The van der Waals surface area contributed by atoms with Gasteiger partial charge in [0.2, 0.25) is 0 Å². The predicted octanol–water partition coefficient (Wildman–Crippen LogP) is 6.15. The molecule has 234 valence electrons. The lowest BCUT2D eigenvalue weighted by atomic mass is 9.49. The van der Waals surface area contributed by atoms with E-state index in [0.29, 0.717) is 32.4 Å². The molecule has 1 saturated heterocycles. The van der Waals surface area contributed by atoms with Crippen LogP contribution in [0.15, 0.2) is 42.5 Å². The molecule has 1 saturated carbocycles. The summed E-state index contributed by atoms with van der Waals surface area (Å²) in [6.45, 7) is 7.14. The summed E-state index contributed by atoms with van der Waals surface area (Å²) in [5, 5.41) is 17.1. The number of hydrogen-bond donors (Lipinski definition) is 1. The Labute approximate surface area is 264 Å². The van der Waals surface area contributed by atoms with Gasteiger partial charge in [0, 0.05) is 48.3 Å². The second-order valence-electron chi connectivity index (χ2n) is 14.2. The smallest absolute Gasteiger partial charge is 0.305 e. The van der Waals surface area contributed by atoms with Gasteiger partial charge < -0.3 is 23.9 Å². The Bertz CT molecular complexity index is 1890. The zero-order valence-electron chi connectivity index (χ0n) is 26.5. The van der Waals surface area contributed by atoms with Crippen molar-refractivity contribution in [3.8, 4) is 11.5 Å². The monoisotopic (exact) mass is 606 g/mol. The number of methoxy groups -OCH3 is 1. The van der Waals surface area contributed by atoms with Crippen molar-refractivity contribution in [2.45, 2.75) is 88.5 Å². The van der Waals surface area contributed by atoms with Gasteiger partial charge in [-0.3, -0.25) is 9.69 Å². The number of aryl methyl sites for hydroxylation is 2. The molecule has 4 aromatic rings. The number of likely N-dealkylation sites (tertiary alicyclic amines) is 1. The highest BCUT2D eigenvalue weighted by atomic mass is 16.5. The molecule has 45 heavy (non-hydrogen) atoms. The van der Waals surface area contributed by atoms with Gasteiger partial charge in [-0.05, 0) is 92.6 Å². The quantitative estimate of drug-likeness (QED) is 0.243. The molecule has 5 aliphatic rings. The zero-order valence-corrected chi connectivity index (χ0v) is 26.5. The Kier molecular flexibility index (Phi) is 5.99. The van der Waals surface area contributed by atoms with E-state index in [4.69, 9.17) is 14.2 Å². The van der Waals surface area contributed by atoms with Gasteiger partial charge in [-0.15, -0.1) is 0 Å². The Hall–Kier alpha value is -3.55. The van der Waals surface area contributed by atoms with Crippen LogP contribution in [-0.4, -0.2) is 59.0 Å². The fourth-order valence-corrected chi connectivity index (χ4v) is 9.89.